The van der Waals surface area contributed by atoms with Gasteiger partial charge < -0.3 is 10.1 Å². The molecule has 0 saturated carbocycles. The molecule has 0 saturated heterocycles. The number of amides is 1. The van der Waals surface area contributed by atoms with Crippen molar-refractivity contribution in [1.82, 2.24) is 10.3 Å². The number of hydrogen-bond acceptors (Lipinski definition) is 3. The molecule has 1 amide bonds. The number of alkyl halides is 1. The number of nitrogens with one attached hydrogen (secondary N) is 1. The van der Waals surface area contributed by atoms with Crippen LogP contribution in [0.15, 0.2) is 18.3 Å². The number of aryl methyl sites for hydroxylation is 1. The Hall–Kier alpha value is -1.13. The molecule has 16 heavy (non-hydrogen) atoms. The maximum absolute atomic E-state index is 11.6. The average Bonchev–Trinajstić information content (AvgIpc) is 2.28. The molecule has 0 fully saturated rings. The van der Waals surface area contributed by atoms with Gasteiger partial charge in [-0.05, 0) is 19.1 Å². The lowest BCUT2D eigenvalue weighted by Gasteiger charge is -2.05. The fraction of sp³-hybridized carbons (Fsp3) is 0.455. The normalized spacial score (nSPS) is 10.1. The largest absolute Gasteiger partial charge is 0.378 e. The minimum Gasteiger partial charge on any atom is -0.378 e. The zero-order chi connectivity index (χ0) is 11.8. The molecule has 0 spiro atoms. The van der Waals surface area contributed by atoms with E-state index in [1.807, 2.05) is 6.92 Å². The Morgan fingerprint density at radius 1 is 1.56 bits per heavy atom. The van der Waals surface area contributed by atoms with Crippen molar-refractivity contribution in [3.63, 3.8) is 0 Å². The Balaban J connectivity index is 2.30. The van der Waals surface area contributed by atoms with Gasteiger partial charge in [0.05, 0.1) is 13.2 Å². The summed E-state index contributed by atoms with van der Waals surface area (Å²) < 4.78 is 5.13. The number of nitrogens with zero attached hydrogens (tertiary/aromatic N) is 1. The van der Waals surface area contributed by atoms with Gasteiger partial charge in [0.2, 0.25) is 0 Å². The van der Waals surface area contributed by atoms with Crippen molar-refractivity contribution in [3.05, 3.63) is 29.6 Å². The first-order chi connectivity index (χ1) is 7.74. The summed E-state index contributed by atoms with van der Waals surface area (Å²) >= 11 is 5.44. The van der Waals surface area contributed by atoms with E-state index in [1.54, 1.807) is 18.3 Å². The highest BCUT2D eigenvalue weighted by Gasteiger charge is 2.04. The first-order valence-electron chi connectivity index (χ1n) is 5.08. The van der Waals surface area contributed by atoms with Gasteiger partial charge >= 0.3 is 0 Å². The Bertz CT molecular complexity index is 345. The zero-order valence-corrected chi connectivity index (χ0v) is 9.96. The third kappa shape index (κ3) is 4.59. The van der Waals surface area contributed by atoms with Crippen molar-refractivity contribution >= 4 is 17.5 Å². The van der Waals surface area contributed by atoms with E-state index in [0.29, 0.717) is 31.2 Å². The van der Waals surface area contributed by atoms with E-state index in [2.05, 4.69) is 10.3 Å². The van der Waals surface area contributed by atoms with Crippen LogP contribution in [0.25, 0.3) is 0 Å². The quantitative estimate of drug-likeness (QED) is 0.606. The highest BCUT2D eigenvalue weighted by atomic mass is 35.5. The maximum atomic E-state index is 11.6. The SMILES string of the molecule is Cc1cc(C(=O)NCCOCCCl)ccn1. The lowest BCUT2D eigenvalue weighted by atomic mass is 10.2. The predicted octanol–water partition coefficient (Wildman–Crippen LogP) is 1.38. The van der Waals surface area contributed by atoms with E-state index >= 15 is 0 Å². The topological polar surface area (TPSA) is 51.2 Å². The van der Waals surface area contributed by atoms with Crippen LogP contribution in [0, 0.1) is 6.92 Å². The molecular formula is C11H15ClN2O2. The van der Waals surface area contributed by atoms with Crippen molar-refractivity contribution in [3.8, 4) is 0 Å². The first kappa shape index (κ1) is 12.9. The molecule has 5 heteroatoms. The number of carbonyl (C=O) groups excluding carboxylic acids is 1. The number of pyridine rings is 1. The molecule has 0 unspecified atom stereocenters. The van der Waals surface area contributed by atoms with Crippen LogP contribution in [0.2, 0.25) is 0 Å². The van der Waals surface area contributed by atoms with Crippen LogP contribution < -0.4 is 5.32 Å². The molecular weight excluding hydrogens is 228 g/mol. The molecule has 0 aliphatic rings. The van der Waals surface area contributed by atoms with E-state index in [4.69, 9.17) is 16.3 Å². The molecule has 0 atom stereocenters. The Kier molecular flexibility index (Phi) is 5.82. The van der Waals surface area contributed by atoms with Crippen LogP contribution in [0.4, 0.5) is 0 Å². The second-order valence-electron chi connectivity index (χ2n) is 3.24. The van der Waals surface area contributed by atoms with E-state index in [1.165, 1.54) is 0 Å². The van der Waals surface area contributed by atoms with Gasteiger partial charge in [-0.2, -0.15) is 0 Å². The molecule has 0 radical (unpaired) electrons. The Morgan fingerprint density at radius 2 is 2.38 bits per heavy atom. The van der Waals surface area contributed by atoms with Gasteiger partial charge in [-0.25, -0.2) is 0 Å². The summed E-state index contributed by atoms with van der Waals surface area (Å²) in [5.74, 6) is 0.359. The molecule has 1 rings (SSSR count). The smallest absolute Gasteiger partial charge is 0.251 e. The molecule has 0 aromatic carbocycles. The van der Waals surface area contributed by atoms with Crippen molar-refractivity contribution in [2.75, 3.05) is 25.6 Å². The minimum atomic E-state index is -0.111. The fourth-order valence-corrected chi connectivity index (χ4v) is 1.29. The molecule has 88 valence electrons. The minimum absolute atomic E-state index is 0.111. The zero-order valence-electron chi connectivity index (χ0n) is 9.20. The van der Waals surface area contributed by atoms with Crippen molar-refractivity contribution in [2.45, 2.75) is 6.92 Å². The van der Waals surface area contributed by atoms with Crippen molar-refractivity contribution < 1.29 is 9.53 Å². The van der Waals surface area contributed by atoms with Crippen LogP contribution in [0.5, 0.6) is 0 Å². The lowest BCUT2D eigenvalue weighted by Crippen LogP contribution is -2.27. The molecule has 1 heterocycles. The predicted molar refractivity (Wildman–Crippen MR) is 62.8 cm³/mol. The molecule has 1 aromatic rings. The number of rotatable bonds is 6. The van der Waals surface area contributed by atoms with Gasteiger partial charge in [-0.15, -0.1) is 11.6 Å². The average molecular weight is 243 g/mol. The lowest BCUT2D eigenvalue weighted by molar-refractivity contribution is 0.0923. The summed E-state index contributed by atoms with van der Waals surface area (Å²) in [6.07, 6.45) is 1.62. The van der Waals surface area contributed by atoms with Crippen molar-refractivity contribution in [1.29, 1.82) is 0 Å². The highest BCUT2D eigenvalue weighted by Crippen LogP contribution is 1.99. The standard InChI is InChI=1S/C11H15ClN2O2/c1-9-8-10(2-4-13-9)11(15)14-5-7-16-6-3-12/h2,4,8H,3,5-7H2,1H3,(H,14,15). The van der Waals surface area contributed by atoms with Crippen LogP contribution >= 0.6 is 11.6 Å². The van der Waals surface area contributed by atoms with Crippen LogP contribution in [-0.4, -0.2) is 36.5 Å². The highest BCUT2D eigenvalue weighted by molar-refractivity contribution is 6.17. The first-order valence-corrected chi connectivity index (χ1v) is 5.62. The summed E-state index contributed by atoms with van der Waals surface area (Å²) in [7, 11) is 0. The Labute approximate surface area is 100.0 Å². The molecule has 0 bridgehead atoms. The third-order valence-corrected chi connectivity index (χ3v) is 2.07. The summed E-state index contributed by atoms with van der Waals surface area (Å²) in [5, 5.41) is 2.75. The second kappa shape index (κ2) is 7.19. The van der Waals surface area contributed by atoms with Gasteiger partial charge in [-0.3, -0.25) is 9.78 Å². The number of halogens is 1. The van der Waals surface area contributed by atoms with Crippen LogP contribution in [0.1, 0.15) is 16.1 Å². The van der Waals surface area contributed by atoms with Crippen LogP contribution in [-0.2, 0) is 4.74 Å². The summed E-state index contributed by atoms with van der Waals surface area (Å²) in [6.45, 7) is 3.31. The third-order valence-electron chi connectivity index (χ3n) is 1.91. The number of hydrogen-bond donors (Lipinski definition) is 1. The molecule has 4 nitrogen and oxygen atoms in total. The van der Waals surface area contributed by atoms with Gasteiger partial charge in [0.1, 0.15) is 0 Å². The molecule has 1 N–H and O–H groups in total. The second-order valence-corrected chi connectivity index (χ2v) is 3.62. The Morgan fingerprint density at radius 3 is 3.06 bits per heavy atom. The van der Waals surface area contributed by atoms with E-state index < -0.39 is 0 Å². The number of carbonyl (C=O) groups is 1. The monoisotopic (exact) mass is 242 g/mol. The molecule has 0 aliphatic carbocycles. The van der Waals surface area contributed by atoms with Gasteiger partial charge in [0.25, 0.3) is 5.91 Å². The molecule has 0 aliphatic heterocycles. The summed E-state index contributed by atoms with van der Waals surface area (Å²) in [4.78, 5) is 15.6. The van der Waals surface area contributed by atoms with Crippen LogP contribution in [0.3, 0.4) is 0 Å². The van der Waals surface area contributed by atoms with Crippen molar-refractivity contribution in [2.24, 2.45) is 0 Å². The number of aromatic nitrogens is 1. The van der Waals surface area contributed by atoms with E-state index in [9.17, 15) is 4.79 Å². The van der Waals surface area contributed by atoms with E-state index in [0.717, 1.165) is 5.69 Å². The summed E-state index contributed by atoms with van der Waals surface area (Å²) in [6, 6.07) is 3.43. The maximum Gasteiger partial charge on any atom is 0.251 e. The fourth-order valence-electron chi connectivity index (χ4n) is 1.18. The molecule has 1 aromatic heterocycles. The van der Waals surface area contributed by atoms with E-state index in [-0.39, 0.29) is 5.91 Å². The summed E-state index contributed by atoms with van der Waals surface area (Å²) in [5.41, 5.74) is 1.44. The van der Waals surface area contributed by atoms with Gasteiger partial charge in [0.15, 0.2) is 0 Å². The van der Waals surface area contributed by atoms with Gasteiger partial charge in [-0.1, -0.05) is 0 Å². The number of ether oxygens (including phenoxy) is 1. The van der Waals surface area contributed by atoms with Gasteiger partial charge in [0, 0.05) is 29.9 Å².